The third-order valence-electron chi connectivity index (χ3n) is 4.90. The Morgan fingerprint density at radius 3 is 2.00 bits per heavy atom. The highest BCUT2D eigenvalue weighted by Gasteiger charge is 2.25. The Kier molecular flexibility index (Phi) is 5.71. The molecule has 1 fully saturated rings. The van der Waals surface area contributed by atoms with Crippen molar-refractivity contribution in [1.82, 2.24) is 0 Å². The summed E-state index contributed by atoms with van der Waals surface area (Å²) in [6.45, 7) is 0. The molecule has 0 unspecified atom stereocenters. The van der Waals surface area contributed by atoms with E-state index < -0.39 is 7.14 Å². The Bertz CT molecular complexity index is 666. The molecule has 0 spiro atoms. The summed E-state index contributed by atoms with van der Waals surface area (Å²) < 4.78 is 13.8. The molecule has 0 bridgehead atoms. The molecule has 3 rings (SSSR count). The standard InChI is InChI=1S/C21H25O2P/c22-21-16-8-7-10-18(21)11-9-17-24(23,19-12-3-1-4-13-19)20-14-5-2-6-15-20/h1-6,9,12-15,17-18,21-22H,7-8,10-11,16H2/b17-9+/t18-,21+/m0/s1. The van der Waals surface area contributed by atoms with Gasteiger partial charge in [-0.05, 0) is 31.0 Å². The van der Waals surface area contributed by atoms with Crippen LogP contribution in [0.25, 0.3) is 0 Å². The molecule has 2 nitrogen and oxygen atoms in total. The van der Waals surface area contributed by atoms with Gasteiger partial charge in [-0.3, -0.25) is 0 Å². The first kappa shape index (κ1) is 17.2. The Morgan fingerprint density at radius 1 is 0.917 bits per heavy atom. The van der Waals surface area contributed by atoms with Crippen molar-refractivity contribution in [2.45, 2.75) is 38.2 Å². The first-order valence-electron chi connectivity index (χ1n) is 8.77. The Balaban J connectivity index is 1.86. The van der Waals surface area contributed by atoms with E-state index in [2.05, 4.69) is 0 Å². The molecule has 2 aromatic rings. The van der Waals surface area contributed by atoms with Crippen molar-refractivity contribution in [2.24, 2.45) is 5.92 Å². The van der Waals surface area contributed by atoms with E-state index in [1.165, 1.54) is 6.42 Å². The lowest BCUT2D eigenvalue weighted by Crippen LogP contribution is -2.23. The number of hydrogen-bond donors (Lipinski definition) is 1. The fourth-order valence-electron chi connectivity index (χ4n) is 3.47. The van der Waals surface area contributed by atoms with Gasteiger partial charge >= 0.3 is 0 Å². The monoisotopic (exact) mass is 340 g/mol. The van der Waals surface area contributed by atoms with Crippen LogP contribution in [0.4, 0.5) is 0 Å². The van der Waals surface area contributed by atoms with Crippen LogP contribution < -0.4 is 10.6 Å². The molecule has 0 aliphatic heterocycles. The van der Waals surface area contributed by atoms with Crippen molar-refractivity contribution in [1.29, 1.82) is 0 Å². The summed E-state index contributed by atoms with van der Waals surface area (Å²) in [5.41, 5.74) is 0. The number of hydrogen-bond acceptors (Lipinski definition) is 2. The molecule has 2 aromatic carbocycles. The van der Waals surface area contributed by atoms with Gasteiger partial charge in [0.2, 0.25) is 0 Å². The second kappa shape index (κ2) is 7.96. The summed E-state index contributed by atoms with van der Waals surface area (Å²) in [5, 5.41) is 11.8. The Hall–Kier alpha value is -1.63. The fraction of sp³-hybridized carbons (Fsp3) is 0.333. The van der Waals surface area contributed by atoms with E-state index in [-0.39, 0.29) is 6.10 Å². The van der Waals surface area contributed by atoms with Crippen molar-refractivity contribution in [3.8, 4) is 0 Å². The molecule has 0 amide bonds. The third-order valence-corrected chi connectivity index (χ3v) is 7.66. The lowest BCUT2D eigenvalue weighted by atomic mass is 9.84. The van der Waals surface area contributed by atoms with Crippen LogP contribution >= 0.6 is 7.14 Å². The predicted molar refractivity (Wildman–Crippen MR) is 101 cm³/mol. The largest absolute Gasteiger partial charge is 0.393 e. The van der Waals surface area contributed by atoms with Gasteiger partial charge in [0.1, 0.15) is 0 Å². The molecule has 1 aliphatic carbocycles. The van der Waals surface area contributed by atoms with E-state index >= 15 is 0 Å². The van der Waals surface area contributed by atoms with Gasteiger partial charge in [-0.15, -0.1) is 0 Å². The Morgan fingerprint density at radius 2 is 1.46 bits per heavy atom. The smallest absolute Gasteiger partial charge is 0.163 e. The average molecular weight is 340 g/mol. The molecule has 0 saturated heterocycles. The van der Waals surface area contributed by atoms with Crippen LogP contribution in [0.15, 0.2) is 72.6 Å². The molecule has 2 atom stereocenters. The zero-order valence-corrected chi connectivity index (χ0v) is 14.8. The van der Waals surface area contributed by atoms with Crippen LogP contribution in [0.3, 0.4) is 0 Å². The summed E-state index contributed by atoms with van der Waals surface area (Å²) in [6, 6.07) is 19.4. The lowest BCUT2D eigenvalue weighted by Gasteiger charge is -2.26. The van der Waals surface area contributed by atoms with Crippen LogP contribution in [-0.2, 0) is 4.57 Å². The van der Waals surface area contributed by atoms with Crippen LogP contribution in [0.2, 0.25) is 0 Å². The minimum Gasteiger partial charge on any atom is -0.393 e. The van der Waals surface area contributed by atoms with E-state index in [9.17, 15) is 9.67 Å². The van der Waals surface area contributed by atoms with Gasteiger partial charge in [0.25, 0.3) is 0 Å². The number of rotatable bonds is 5. The van der Waals surface area contributed by atoms with Gasteiger partial charge in [-0.1, -0.05) is 79.6 Å². The number of allylic oxidation sites excluding steroid dienone is 1. The molecule has 24 heavy (non-hydrogen) atoms. The topological polar surface area (TPSA) is 37.3 Å². The highest BCUT2D eigenvalue weighted by Crippen LogP contribution is 2.45. The van der Waals surface area contributed by atoms with Crippen LogP contribution in [0.5, 0.6) is 0 Å². The van der Waals surface area contributed by atoms with Crippen molar-refractivity contribution in [3.63, 3.8) is 0 Å². The summed E-state index contributed by atoms with van der Waals surface area (Å²) in [7, 11) is -2.77. The first-order valence-corrected chi connectivity index (χ1v) is 10.5. The zero-order chi connectivity index (χ0) is 16.8. The van der Waals surface area contributed by atoms with E-state index in [0.29, 0.717) is 5.92 Å². The van der Waals surface area contributed by atoms with E-state index in [0.717, 1.165) is 36.3 Å². The maximum atomic E-state index is 13.8. The number of aliphatic hydroxyl groups is 1. The summed E-state index contributed by atoms with van der Waals surface area (Å²) in [5.74, 6) is 2.19. The molecule has 0 heterocycles. The highest BCUT2D eigenvalue weighted by atomic mass is 31.2. The van der Waals surface area contributed by atoms with Gasteiger partial charge in [0, 0.05) is 10.6 Å². The number of aliphatic hydroxyl groups excluding tert-OH is 1. The SMILES string of the molecule is O=P(/C=C/C[C@@H]1CCCC[C@H]1O)(c1ccccc1)c1ccccc1. The molecule has 0 radical (unpaired) electrons. The van der Waals surface area contributed by atoms with Gasteiger partial charge in [-0.25, -0.2) is 0 Å². The van der Waals surface area contributed by atoms with Gasteiger partial charge in [-0.2, -0.15) is 0 Å². The van der Waals surface area contributed by atoms with E-state index in [4.69, 9.17) is 0 Å². The predicted octanol–water partition coefficient (Wildman–Crippen LogP) is 4.46. The minimum atomic E-state index is -2.77. The molecule has 126 valence electrons. The summed E-state index contributed by atoms with van der Waals surface area (Å²) >= 11 is 0. The maximum Gasteiger partial charge on any atom is 0.163 e. The summed E-state index contributed by atoms with van der Waals surface area (Å²) in [6.07, 6.45) is 6.87. The third kappa shape index (κ3) is 3.88. The van der Waals surface area contributed by atoms with Crippen molar-refractivity contribution in [2.75, 3.05) is 0 Å². The quantitative estimate of drug-likeness (QED) is 0.816. The second-order valence-corrected chi connectivity index (χ2v) is 9.21. The first-order chi connectivity index (χ1) is 11.7. The minimum absolute atomic E-state index is 0.212. The highest BCUT2D eigenvalue weighted by molar-refractivity contribution is 7.81. The fourth-order valence-corrected chi connectivity index (χ4v) is 5.76. The summed E-state index contributed by atoms with van der Waals surface area (Å²) in [4.78, 5) is 0. The van der Waals surface area contributed by atoms with E-state index in [1.54, 1.807) is 0 Å². The van der Waals surface area contributed by atoms with Gasteiger partial charge in [0.05, 0.1) is 6.10 Å². The zero-order valence-electron chi connectivity index (χ0n) is 13.9. The molecule has 3 heteroatoms. The average Bonchev–Trinajstić information content (AvgIpc) is 2.64. The molecule has 1 N–H and O–H groups in total. The second-order valence-electron chi connectivity index (χ2n) is 6.56. The van der Waals surface area contributed by atoms with Crippen molar-refractivity contribution in [3.05, 3.63) is 72.6 Å². The van der Waals surface area contributed by atoms with Crippen LogP contribution in [0, 0.1) is 5.92 Å². The molecule has 1 saturated carbocycles. The van der Waals surface area contributed by atoms with Crippen molar-refractivity contribution < 1.29 is 9.67 Å². The van der Waals surface area contributed by atoms with Crippen LogP contribution in [-0.4, -0.2) is 11.2 Å². The molecular formula is C21H25O2P. The van der Waals surface area contributed by atoms with Gasteiger partial charge < -0.3 is 9.67 Å². The maximum absolute atomic E-state index is 13.8. The van der Waals surface area contributed by atoms with Gasteiger partial charge in [0.15, 0.2) is 7.14 Å². The Labute approximate surface area is 144 Å². The molecule has 0 aromatic heterocycles. The normalized spacial score (nSPS) is 21.9. The number of benzene rings is 2. The van der Waals surface area contributed by atoms with Crippen LogP contribution in [0.1, 0.15) is 32.1 Å². The van der Waals surface area contributed by atoms with E-state index in [1.807, 2.05) is 72.6 Å². The lowest BCUT2D eigenvalue weighted by molar-refractivity contribution is 0.0714. The molecular weight excluding hydrogens is 315 g/mol. The molecule has 1 aliphatic rings. The van der Waals surface area contributed by atoms with Crippen molar-refractivity contribution >= 4 is 17.8 Å².